The number of benzene rings is 1. The summed E-state index contributed by atoms with van der Waals surface area (Å²) in [6, 6.07) is 9.24. The third-order valence-electron chi connectivity index (χ3n) is 4.94. The quantitative estimate of drug-likeness (QED) is 0.882. The lowest BCUT2D eigenvalue weighted by atomic mass is 9.91. The van der Waals surface area contributed by atoms with Crippen molar-refractivity contribution in [1.82, 2.24) is 9.80 Å². The van der Waals surface area contributed by atoms with Gasteiger partial charge in [0.1, 0.15) is 0 Å². The highest BCUT2D eigenvalue weighted by Gasteiger charge is 2.40. The number of halogens is 1. The molecular formula is C17H28BrN3. The number of nitrogens with two attached hydrogens (primary N) is 1. The molecule has 1 fully saturated rings. The summed E-state index contributed by atoms with van der Waals surface area (Å²) >= 11 is 3.50. The summed E-state index contributed by atoms with van der Waals surface area (Å²) in [5.41, 5.74) is 7.56. The van der Waals surface area contributed by atoms with Crippen molar-refractivity contribution in [2.45, 2.75) is 31.8 Å². The van der Waals surface area contributed by atoms with E-state index in [1.807, 2.05) is 0 Å². The summed E-state index contributed by atoms with van der Waals surface area (Å²) < 4.78 is 1.13. The zero-order chi connectivity index (χ0) is 15.6. The third-order valence-corrected chi connectivity index (χ3v) is 5.47. The first-order chi connectivity index (χ1) is 9.85. The Morgan fingerprint density at radius 2 is 1.90 bits per heavy atom. The molecule has 118 valence electrons. The lowest BCUT2D eigenvalue weighted by Crippen LogP contribution is -2.53. The molecule has 1 heterocycles. The summed E-state index contributed by atoms with van der Waals surface area (Å²) in [5.74, 6) is 0.691. The SMILES string of the molecule is CC1CN(C(C)(CN)Cc2ccc(Br)cc2)CC1N(C)C. The fourth-order valence-corrected chi connectivity index (χ4v) is 3.68. The maximum Gasteiger partial charge on any atom is 0.0344 e. The molecule has 3 unspecified atom stereocenters. The largest absolute Gasteiger partial charge is 0.329 e. The monoisotopic (exact) mass is 353 g/mol. The lowest BCUT2D eigenvalue weighted by molar-refractivity contribution is 0.130. The van der Waals surface area contributed by atoms with Crippen LogP contribution in [0.1, 0.15) is 19.4 Å². The summed E-state index contributed by atoms with van der Waals surface area (Å²) in [4.78, 5) is 4.94. The number of hydrogen-bond acceptors (Lipinski definition) is 3. The highest BCUT2D eigenvalue weighted by Crippen LogP contribution is 2.29. The van der Waals surface area contributed by atoms with Crippen LogP contribution in [0.4, 0.5) is 0 Å². The second-order valence-corrected chi connectivity index (χ2v) is 7.83. The van der Waals surface area contributed by atoms with Crippen LogP contribution in [0.15, 0.2) is 28.7 Å². The molecule has 3 atom stereocenters. The second kappa shape index (κ2) is 6.78. The molecule has 2 N–H and O–H groups in total. The van der Waals surface area contributed by atoms with E-state index in [1.165, 1.54) is 5.56 Å². The van der Waals surface area contributed by atoms with Gasteiger partial charge in [-0.05, 0) is 51.1 Å². The van der Waals surface area contributed by atoms with Crippen molar-refractivity contribution in [1.29, 1.82) is 0 Å². The van der Waals surface area contributed by atoms with Crippen molar-refractivity contribution in [3.8, 4) is 0 Å². The van der Waals surface area contributed by atoms with E-state index in [1.54, 1.807) is 0 Å². The van der Waals surface area contributed by atoms with Crippen LogP contribution in [-0.4, -0.2) is 55.1 Å². The van der Waals surface area contributed by atoms with Gasteiger partial charge in [-0.3, -0.25) is 4.90 Å². The first-order valence-electron chi connectivity index (χ1n) is 7.72. The minimum absolute atomic E-state index is 0.0346. The fraction of sp³-hybridized carbons (Fsp3) is 0.647. The highest BCUT2D eigenvalue weighted by molar-refractivity contribution is 9.10. The molecule has 1 aliphatic rings. The number of nitrogens with zero attached hydrogens (tertiary/aromatic N) is 2. The molecule has 1 saturated heterocycles. The Balaban J connectivity index is 2.12. The van der Waals surface area contributed by atoms with Crippen LogP contribution in [0.3, 0.4) is 0 Å². The average Bonchev–Trinajstić information content (AvgIpc) is 2.84. The highest BCUT2D eigenvalue weighted by atomic mass is 79.9. The summed E-state index contributed by atoms with van der Waals surface area (Å²) in [7, 11) is 4.36. The van der Waals surface area contributed by atoms with E-state index in [2.05, 4.69) is 77.9 Å². The molecule has 1 aliphatic heterocycles. The first kappa shape index (κ1) is 16.9. The predicted octanol–water partition coefficient (Wildman–Crippen LogP) is 2.59. The Bertz CT molecular complexity index is 460. The molecule has 0 bridgehead atoms. The maximum absolute atomic E-state index is 6.17. The zero-order valence-electron chi connectivity index (χ0n) is 13.6. The minimum atomic E-state index is 0.0346. The van der Waals surface area contributed by atoms with Gasteiger partial charge in [0.2, 0.25) is 0 Å². The first-order valence-corrected chi connectivity index (χ1v) is 8.51. The van der Waals surface area contributed by atoms with Gasteiger partial charge in [0.25, 0.3) is 0 Å². The van der Waals surface area contributed by atoms with Crippen molar-refractivity contribution in [3.05, 3.63) is 34.3 Å². The van der Waals surface area contributed by atoms with E-state index in [4.69, 9.17) is 5.73 Å². The number of hydrogen-bond donors (Lipinski definition) is 1. The topological polar surface area (TPSA) is 32.5 Å². The van der Waals surface area contributed by atoms with E-state index in [0.29, 0.717) is 18.5 Å². The smallest absolute Gasteiger partial charge is 0.0344 e. The summed E-state index contributed by atoms with van der Waals surface area (Å²) in [5, 5.41) is 0. The van der Waals surface area contributed by atoms with Gasteiger partial charge in [-0.2, -0.15) is 0 Å². The second-order valence-electron chi connectivity index (χ2n) is 6.92. The van der Waals surface area contributed by atoms with Crippen LogP contribution in [0, 0.1) is 5.92 Å². The van der Waals surface area contributed by atoms with Gasteiger partial charge in [0.05, 0.1) is 0 Å². The number of likely N-dealkylation sites (N-methyl/N-ethyl adjacent to an activating group) is 1. The van der Waals surface area contributed by atoms with Crippen molar-refractivity contribution in [3.63, 3.8) is 0 Å². The van der Waals surface area contributed by atoms with E-state index in [9.17, 15) is 0 Å². The normalized spacial score (nSPS) is 26.2. The molecule has 0 saturated carbocycles. The Labute approximate surface area is 137 Å². The average molecular weight is 354 g/mol. The molecule has 1 aromatic carbocycles. The Hall–Kier alpha value is -0.420. The van der Waals surface area contributed by atoms with Gasteiger partial charge in [0.15, 0.2) is 0 Å². The minimum Gasteiger partial charge on any atom is -0.329 e. The molecule has 0 aromatic heterocycles. The lowest BCUT2D eigenvalue weighted by Gasteiger charge is -2.38. The third kappa shape index (κ3) is 3.86. The van der Waals surface area contributed by atoms with Crippen molar-refractivity contribution in [2.24, 2.45) is 11.7 Å². The van der Waals surface area contributed by atoms with Gasteiger partial charge in [0, 0.05) is 35.7 Å². The van der Waals surface area contributed by atoms with Crippen molar-refractivity contribution >= 4 is 15.9 Å². The summed E-state index contributed by atoms with van der Waals surface area (Å²) in [6.45, 7) is 7.59. The van der Waals surface area contributed by atoms with Crippen LogP contribution in [0.5, 0.6) is 0 Å². The van der Waals surface area contributed by atoms with Gasteiger partial charge < -0.3 is 10.6 Å². The molecule has 21 heavy (non-hydrogen) atoms. The Morgan fingerprint density at radius 3 is 2.38 bits per heavy atom. The van der Waals surface area contributed by atoms with E-state index >= 15 is 0 Å². The van der Waals surface area contributed by atoms with E-state index < -0.39 is 0 Å². The van der Waals surface area contributed by atoms with Gasteiger partial charge in [-0.15, -0.1) is 0 Å². The maximum atomic E-state index is 6.17. The standard InChI is InChI=1S/C17H28BrN3/c1-13-10-21(11-16(13)20(3)4)17(2,12-19)9-14-5-7-15(18)8-6-14/h5-8,13,16H,9-12,19H2,1-4H3. The molecule has 0 spiro atoms. The molecule has 4 heteroatoms. The molecule has 1 aromatic rings. The van der Waals surface area contributed by atoms with Crippen LogP contribution in [0.2, 0.25) is 0 Å². The predicted molar refractivity (Wildman–Crippen MR) is 93.5 cm³/mol. The van der Waals surface area contributed by atoms with Crippen LogP contribution in [-0.2, 0) is 6.42 Å². The van der Waals surface area contributed by atoms with Gasteiger partial charge in [-0.1, -0.05) is 35.0 Å². The zero-order valence-corrected chi connectivity index (χ0v) is 15.2. The fourth-order valence-electron chi connectivity index (χ4n) is 3.42. The summed E-state index contributed by atoms with van der Waals surface area (Å²) in [6.07, 6.45) is 1.00. The van der Waals surface area contributed by atoms with E-state index in [-0.39, 0.29) is 5.54 Å². The van der Waals surface area contributed by atoms with Gasteiger partial charge in [-0.25, -0.2) is 0 Å². The van der Waals surface area contributed by atoms with Gasteiger partial charge >= 0.3 is 0 Å². The van der Waals surface area contributed by atoms with Crippen molar-refractivity contribution in [2.75, 3.05) is 33.7 Å². The van der Waals surface area contributed by atoms with Crippen molar-refractivity contribution < 1.29 is 0 Å². The van der Waals surface area contributed by atoms with Crippen LogP contribution < -0.4 is 5.73 Å². The Morgan fingerprint density at radius 1 is 1.29 bits per heavy atom. The molecule has 3 nitrogen and oxygen atoms in total. The number of likely N-dealkylation sites (tertiary alicyclic amines) is 1. The van der Waals surface area contributed by atoms with Crippen LogP contribution in [0.25, 0.3) is 0 Å². The molecule has 0 aliphatic carbocycles. The van der Waals surface area contributed by atoms with Crippen LogP contribution >= 0.6 is 15.9 Å². The molecule has 2 rings (SSSR count). The number of rotatable bonds is 5. The molecule has 0 radical (unpaired) electrons. The molecule has 0 amide bonds. The van der Waals surface area contributed by atoms with E-state index in [0.717, 1.165) is 24.0 Å². The molecular weight excluding hydrogens is 326 g/mol. The Kier molecular flexibility index (Phi) is 5.47.